The first-order valence-electron chi connectivity index (χ1n) is 12.9. The normalized spacial score (nSPS) is 13.7. The van der Waals surface area contributed by atoms with Gasteiger partial charge in [-0.05, 0) is 49.2 Å². The van der Waals surface area contributed by atoms with E-state index < -0.39 is 0 Å². The van der Waals surface area contributed by atoms with Crippen molar-refractivity contribution >= 4 is 30.9 Å². The molecule has 9 heteroatoms. The molecule has 4 rings (SSSR count). The van der Waals surface area contributed by atoms with Crippen molar-refractivity contribution in [3.63, 3.8) is 0 Å². The minimum Gasteiger partial charge on any atom is -0.379 e. The Labute approximate surface area is 225 Å². The maximum atomic E-state index is 12.8. The van der Waals surface area contributed by atoms with E-state index in [1.54, 1.807) is 30.5 Å². The van der Waals surface area contributed by atoms with E-state index in [-0.39, 0.29) is 5.91 Å². The van der Waals surface area contributed by atoms with Gasteiger partial charge in [0.25, 0.3) is 5.91 Å². The summed E-state index contributed by atoms with van der Waals surface area (Å²) in [5.41, 5.74) is 5.39. The second-order valence-electron chi connectivity index (χ2n) is 9.26. The first-order valence-corrected chi connectivity index (χ1v) is 12.9. The minimum absolute atomic E-state index is 0.164. The lowest BCUT2D eigenvalue weighted by Crippen LogP contribution is -2.38. The Morgan fingerprint density at radius 2 is 2.08 bits per heavy atom. The molecule has 0 unspecified atom stereocenters. The van der Waals surface area contributed by atoms with Crippen LogP contribution in [0.15, 0.2) is 61.3 Å². The van der Waals surface area contributed by atoms with Crippen molar-refractivity contribution in [1.82, 2.24) is 20.2 Å². The number of amides is 1. The van der Waals surface area contributed by atoms with E-state index in [0.717, 1.165) is 61.7 Å². The Morgan fingerprint density at radius 3 is 2.89 bits per heavy atom. The Morgan fingerprint density at radius 1 is 1.24 bits per heavy atom. The molecule has 1 aromatic heterocycles. The molecule has 1 fully saturated rings. The quantitative estimate of drug-likeness (QED) is 0.220. The number of nitrogens with one attached hydrogen (secondary N) is 2. The number of morpholine rings is 1. The maximum absolute atomic E-state index is 12.8. The molecule has 196 valence electrons. The van der Waals surface area contributed by atoms with Gasteiger partial charge in [-0.2, -0.15) is 0 Å². The van der Waals surface area contributed by atoms with Crippen LogP contribution in [0.4, 0.5) is 11.6 Å². The first-order chi connectivity index (χ1) is 18.5. The van der Waals surface area contributed by atoms with Gasteiger partial charge in [0.2, 0.25) is 5.95 Å². The van der Waals surface area contributed by atoms with Gasteiger partial charge in [0, 0.05) is 42.6 Å². The van der Waals surface area contributed by atoms with Gasteiger partial charge in [0.05, 0.1) is 32.1 Å². The van der Waals surface area contributed by atoms with E-state index in [1.165, 1.54) is 0 Å². The number of hydrogen-bond acceptors (Lipinski definition) is 7. The summed E-state index contributed by atoms with van der Waals surface area (Å²) in [4.78, 5) is 24.3. The highest BCUT2D eigenvalue weighted by Crippen LogP contribution is 2.24. The molecule has 2 aromatic carbocycles. The molecule has 2 N–H and O–H groups in total. The van der Waals surface area contributed by atoms with Gasteiger partial charge in [-0.3, -0.25) is 9.69 Å². The Kier molecular flexibility index (Phi) is 10.0. The highest BCUT2D eigenvalue weighted by Gasteiger charge is 2.12. The number of carbonyl (C=O) groups excluding carboxylic acids is 1. The second-order valence-corrected chi connectivity index (χ2v) is 9.26. The monoisotopic (exact) mass is 511 g/mol. The van der Waals surface area contributed by atoms with Crippen LogP contribution in [0.2, 0.25) is 0 Å². The third-order valence-electron chi connectivity index (χ3n) is 6.19. The number of carbonyl (C=O) groups is 1. The van der Waals surface area contributed by atoms with Crippen LogP contribution in [0, 0.1) is 6.92 Å². The van der Waals surface area contributed by atoms with Gasteiger partial charge >= 0.3 is 0 Å². The van der Waals surface area contributed by atoms with E-state index in [1.807, 2.05) is 25.1 Å². The molecular formula is C29H34BN5O3. The summed E-state index contributed by atoms with van der Waals surface area (Å²) < 4.78 is 11.0. The SMILES string of the molecule is [B]c1cc(Nc2ncc(C)c(-c3cccc(COCC=C)c3)n2)cc(C(=O)NCCCN2CCOCC2)c1. The molecule has 0 atom stereocenters. The van der Waals surface area contributed by atoms with Crippen molar-refractivity contribution in [2.24, 2.45) is 0 Å². The maximum Gasteiger partial charge on any atom is 0.251 e. The van der Waals surface area contributed by atoms with E-state index in [0.29, 0.717) is 42.4 Å². The smallest absolute Gasteiger partial charge is 0.251 e. The Hall–Kier alpha value is -3.53. The molecule has 0 aliphatic carbocycles. The van der Waals surface area contributed by atoms with Crippen molar-refractivity contribution in [1.29, 1.82) is 0 Å². The summed E-state index contributed by atoms with van der Waals surface area (Å²) in [6, 6.07) is 13.3. The number of aromatic nitrogens is 2. The zero-order valence-electron chi connectivity index (χ0n) is 21.9. The summed E-state index contributed by atoms with van der Waals surface area (Å²) >= 11 is 0. The minimum atomic E-state index is -0.164. The van der Waals surface area contributed by atoms with E-state index in [9.17, 15) is 4.79 Å². The summed E-state index contributed by atoms with van der Waals surface area (Å²) in [6.45, 7) is 11.6. The molecule has 0 spiro atoms. The van der Waals surface area contributed by atoms with Crippen LogP contribution in [0.3, 0.4) is 0 Å². The lowest BCUT2D eigenvalue weighted by atomic mass is 9.93. The predicted molar refractivity (Wildman–Crippen MR) is 151 cm³/mol. The lowest BCUT2D eigenvalue weighted by molar-refractivity contribution is 0.0374. The molecule has 1 aliphatic rings. The van der Waals surface area contributed by atoms with Gasteiger partial charge in [-0.25, -0.2) is 9.97 Å². The summed E-state index contributed by atoms with van der Waals surface area (Å²) in [5.74, 6) is 0.254. The highest BCUT2D eigenvalue weighted by atomic mass is 16.5. The summed E-state index contributed by atoms with van der Waals surface area (Å²) in [6.07, 6.45) is 4.38. The van der Waals surface area contributed by atoms with Crippen molar-refractivity contribution in [2.45, 2.75) is 20.0 Å². The van der Waals surface area contributed by atoms with Gasteiger partial charge in [0.15, 0.2) is 0 Å². The fourth-order valence-corrected chi connectivity index (χ4v) is 4.28. The molecule has 0 bridgehead atoms. The standard InChI is InChI=1S/C29H34BN5O3/c1-3-12-38-20-22-6-4-7-23(15-22)27-21(2)19-32-29(34-27)33-26-17-24(16-25(30)18-26)28(36)31-8-5-9-35-10-13-37-14-11-35/h3-4,6-7,15-19H,1,5,8-14,20H2,2H3,(H,31,36)(H,32,33,34). The van der Waals surface area contributed by atoms with Crippen molar-refractivity contribution in [2.75, 3.05) is 51.3 Å². The van der Waals surface area contributed by atoms with Crippen LogP contribution in [0.25, 0.3) is 11.3 Å². The van der Waals surface area contributed by atoms with Crippen LogP contribution < -0.4 is 16.1 Å². The molecule has 2 heterocycles. The zero-order chi connectivity index (χ0) is 26.7. The van der Waals surface area contributed by atoms with Crippen LogP contribution in [-0.2, 0) is 16.1 Å². The average molecular weight is 511 g/mol. The number of hydrogen-bond donors (Lipinski definition) is 2. The number of rotatable bonds is 12. The molecule has 1 saturated heterocycles. The number of ether oxygens (including phenoxy) is 2. The third kappa shape index (κ3) is 7.98. The topological polar surface area (TPSA) is 88.6 Å². The van der Waals surface area contributed by atoms with Crippen molar-refractivity contribution in [3.8, 4) is 11.3 Å². The Balaban J connectivity index is 1.40. The van der Waals surface area contributed by atoms with Crippen LogP contribution >= 0.6 is 0 Å². The molecule has 0 saturated carbocycles. The molecular weight excluding hydrogens is 477 g/mol. The van der Waals surface area contributed by atoms with Crippen LogP contribution in [-0.4, -0.2) is 74.6 Å². The predicted octanol–water partition coefficient (Wildman–Crippen LogP) is 3.14. The lowest BCUT2D eigenvalue weighted by Gasteiger charge is -2.26. The molecule has 3 aromatic rings. The number of benzene rings is 2. The first kappa shape index (κ1) is 27.5. The molecule has 2 radical (unpaired) electrons. The second kappa shape index (κ2) is 13.9. The molecule has 1 amide bonds. The van der Waals surface area contributed by atoms with Crippen LogP contribution in [0.5, 0.6) is 0 Å². The van der Waals surface area contributed by atoms with Gasteiger partial charge in [0.1, 0.15) is 7.85 Å². The van der Waals surface area contributed by atoms with E-state index >= 15 is 0 Å². The fraction of sp³-hybridized carbons (Fsp3) is 0.345. The van der Waals surface area contributed by atoms with E-state index in [4.69, 9.17) is 22.3 Å². The summed E-state index contributed by atoms with van der Waals surface area (Å²) in [5, 5.41) is 6.20. The highest BCUT2D eigenvalue weighted by molar-refractivity contribution is 6.33. The largest absolute Gasteiger partial charge is 0.379 e. The third-order valence-corrected chi connectivity index (χ3v) is 6.19. The molecule has 38 heavy (non-hydrogen) atoms. The number of nitrogens with zero attached hydrogens (tertiary/aromatic N) is 3. The van der Waals surface area contributed by atoms with Crippen molar-refractivity contribution in [3.05, 3.63) is 78.0 Å². The zero-order valence-corrected chi connectivity index (χ0v) is 21.9. The van der Waals surface area contributed by atoms with Crippen molar-refractivity contribution < 1.29 is 14.3 Å². The van der Waals surface area contributed by atoms with E-state index in [2.05, 4.69) is 33.2 Å². The van der Waals surface area contributed by atoms with Gasteiger partial charge in [-0.1, -0.05) is 35.8 Å². The molecule has 8 nitrogen and oxygen atoms in total. The van der Waals surface area contributed by atoms with Gasteiger partial charge in [-0.15, -0.1) is 6.58 Å². The van der Waals surface area contributed by atoms with Gasteiger partial charge < -0.3 is 20.1 Å². The Bertz CT molecular complexity index is 1250. The number of aryl methyl sites for hydroxylation is 1. The fourth-order valence-electron chi connectivity index (χ4n) is 4.28. The summed E-state index contributed by atoms with van der Waals surface area (Å²) in [7, 11) is 6.12. The molecule has 1 aliphatic heterocycles. The number of anilines is 2. The average Bonchev–Trinajstić information content (AvgIpc) is 2.92. The van der Waals surface area contributed by atoms with Crippen LogP contribution in [0.1, 0.15) is 27.9 Å².